The van der Waals surface area contributed by atoms with Crippen LogP contribution in [0.5, 0.6) is 0 Å². The Balaban J connectivity index is 0.944. The Morgan fingerprint density at radius 2 is 0.800 bits per heavy atom. The first-order valence-corrected chi connectivity index (χ1v) is 23.3. The van der Waals surface area contributed by atoms with Gasteiger partial charge in [0.05, 0.1) is 45.6 Å². The van der Waals surface area contributed by atoms with Gasteiger partial charge in [-0.3, -0.25) is 0 Å². The lowest BCUT2D eigenvalue weighted by molar-refractivity contribution is 0.668. The molecule has 70 heavy (non-hydrogen) atoms. The highest BCUT2D eigenvalue weighted by Crippen LogP contribution is 2.45. The zero-order valence-electron chi connectivity index (χ0n) is 37.2. The summed E-state index contributed by atoms with van der Waals surface area (Å²) in [5, 5.41) is 24.4. The van der Waals surface area contributed by atoms with Crippen molar-refractivity contribution in [3.63, 3.8) is 0 Å². The Morgan fingerprint density at radius 1 is 0.371 bits per heavy atom. The first-order valence-electron chi connectivity index (χ1n) is 23.3. The minimum absolute atomic E-state index is 0.437. The highest BCUT2D eigenvalue weighted by molar-refractivity contribution is 6.24. The molecule has 0 aliphatic heterocycles. The number of para-hydroxylation sites is 2. The fourth-order valence-electron chi connectivity index (χ4n) is 11.4. The fourth-order valence-corrected chi connectivity index (χ4v) is 11.4. The summed E-state index contributed by atoms with van der Waals surface area (Å²) in [7, 11) is 0. The summed E-state index contributed by atoms with van der Waals surface area (Å²) >= 11 is 0. The van der Waals surface area contributed by atoms with Crippen LogP contribution < -0.4 is 0 Å². The molecular weight excluding hydrogens is 857 g/mol. The van der Waals surface area contributed by atoms with Crippen LogP contribution >= 0.6 is 0 Å². The average molecular weight is 891 g/mol. The molecule has 0 unspecified atom stereocenters. The summed E-state index contributed by atoms with van der Waals surface area (Å²) in [4.78, 5) is 4.25. The Hall–Kier alpha value is -9.88. The van der Waals surface area contributed by atoms with Gasteiger partial charge in [-0.2, -0.15) is 5.26 Å². The molecule has 0 N–H and O–H groups in total. The maximum absolute atomic E-state index is 11.2. The maximum Gasteiger partial charge on any atom is 0.212 e. The van der Waals surface area contributed by atoms with E-state index in [9.17, 15) is 5.26 Å². The third-order valence-corrected chi connectivity index (χ3v) is 14.5. The van der Waals surface area contributed by atoms with E-state index in [0.29, 0.717) is 22.6 Å². The third-order valence-electron chi connectivity index (χ3n) is 14.5. The molecule has 6 heteroatoms. The van der Waals surface area contributed by atoms with Crippen LogP contribution in [-0.2, 0) is 0 Å². The normalized spacial score (nSPS) is 12.0. The molecule has 15 rings (SSSR count). The van der Waals surface area contributed by atoms with Gasteiger partial charge in [-0.1, -0.05) is 121 Å². The van der Waals surface area contributed by atoms with Crippen LogP contribution in [0.15, 0.2) is 215 Å². The van der Waals surface area contributed by atoms with Crippen molar-refractivity contribution in [2.45, 2.75) is 0 Å². The molecule has 15 aromatic rings. The van der Waals surface area contributed by atoms with E-state index < -0.39 is 0 Å². The van der Waals surface area contributed by atoms with Gasteiger partial charge in [0, 0.05) is 43.1 Å². The van der Waals surface area contributed by atoms with E-state index in [2.05, 4.69) is 178 Å². The van der Waals surface area contributed by atoms with Gasteiger partial charge in [0.25, 0.3) is 0 Å². The van der Waals surface area contributed by atoms with Crippen LogP contribution in [0.25, 0.3) is 148 Å². The SMILES string of the molecule is [C-]#[N+]c1cc(-n2c3ccc(-c4ccc5c(c4)oc4ccccc45)cc3c3c4ccccc4ccc32)c(C#N)cc1-n1c2ccc(-c3ccc4c(c3)oc3ccccc34)cc2c2c3ccccc3ccc21. The predicted molar refractivity (Wildman–Crippen MR) is 287 cm³/mol. The van der Waals surface area contributed by atoms with Gasteiger partial charge >= 0.3 is 0 Å². The molecule has 0 aliphatic carbocycles. The van der Waals surface area contributed by atoms with E-state index >= 15 is 0 Å². The third kappa shape index (κ3) is 5.36. The van der Waals surface area contributed by atoms with Gasteiger partial charge in [-0.15, -0.1) is 0 Å². The molecule has 0 radical (unpaired) electrons. The number of nitriles is 1. The highest BCUT2D eigenvalue weighted by Gasteiger charge is 2.24. The second-order valence-electron chi connectivity index (χ2n) is 18.2. The van der Waals surface area contributed by atoms with Crippen molar-refractivity contribution in [3.05, 3.63) is 223 Å². The second kappa shape index (κ2) is 14.3. The topological polar surface area (TPSA) is 64.3 Å². The highest BCUT2D eigenvalue weighted by atomic mass is 16.3. The molecule has 322 valence electrons. The van der Waals surface area contributed by atoms with Crippen LogP contribution in [0.3, 0.4) is 0 Å². The number of hydrogen-bond acceptors (Lipinski definition) is 3. The van der Waals surface area contributed by atoms with Gasteiger partial charge in [0.1, 0.15) is 28.4 Å². The van der Waals surface area contributed by atoms with Crippen LogP contribution in [0.1, 0.15) is 5.56 Å². The van der Waals surface area contributed by atoms with Crippen molar-refractivity contribution < 1.29 is 8.83 Å². The number of fused-ring (bicyclic) bond motifs is 16. The van der Waals surface area contributed by atoms with E-state index in [1.165, 1.54) is 0 Å². The standard InChI is InChI=1S/C64H34N4O2/c1-66-52-35-57(67-53-26-22-39(30-50(53)63-44-12-4-2-10-37(44)20-28-55(63)67)41-18-24-48-46-14-6-8-16-59(46)69-61(48)33-41)43(36-65)32-58(52)68-54-27-23-40(31-51(54)64-45-13-5-3-11-38(45)21-29-56(64)68)42-19-25-49-47-15-7-9-17-60(47)70-62(49)34-42/h2-35H. The predicted octanol–water partition coefficient (Wildman–Crippen LogP) is 17.7. The molecule has 0 fully saturated rings. The van der Waals surface area contributed by atoms with E-state index in [1.54, 1.807) is 0 Å². The summed E-state index contributed by atoms with van der Waals surface area (Å²) in [6.07, 6.45) is 0. The number of nitrogens with zero attached hydrogens (tertiary/aromatic N) is 4. The Morgan fingerprint density at radius 3 is 1.31 bits per heavy atom. The molecule has 0 spiro atoms. The first-order chi connectivity index (χ1) is 34.6. The van der Waals surface area contributed by atoms with E-state index in [4.69, 9.17) is 15.4 Å². The Labute approximate surface area is 399 Å². The number of benzene rings is 11. The molecule has 0 atom stereocenters. The zero-order valence-corrected chi connectivity index (χ0v) is 37.2. The summed E-state index contributed by atoms with van der Waals surface area (Å²) in [5.41, 5.74) is 13.6. The average Bonchev–Trinajstić information content (AvgIpc) is 4.17. The Kier molecular flexibility index (Phi) is 7.82. The minimum Gasteiger partial charge on any atom is -0.456 e. The lowest BCUT2D eigenvalue weighted by Gasteiger charge is -2.16. The molecule has 0 aliphatic rings. The number of furan rings is 2. The lowest BCUT2D eigenvalue weighted by Crippen LogP contribution is -2.01. The minimum atomic E-state index is 0.437. The molecule has 11 aromatic carbocycles. The van der Waals surface area contributed by atoms with Gasteiger partial charge in [-0.05, 0) is 129 Å². The van der Waals surface area contributed by atoms with E-state index in [-0.39, 0.29) is 0 Å². The van der Waals surface area contributed by atoms with Crippen LogP contribution in [-0.4, -0.2) is 9.13 Å². The van der Waals surface area contributed by atoms with Gasteiger partial charge in [0.2, 0.25) is 5.69 Å². The van der Waals surface area contributed by atoms with Crippen molar-refractivity contribution >= 4 is 115 Å². The molecule has 0 amide bonds. The molecule has 4 aromatic heterocycles. The lowest BCUT2D eigenvalue weighted by atomic mass is 9.99. The summed E-state index contributed by atoms with van der Waals surface area (Å²) < 4.78 is 17.0. The molecule has 0 saturated carbocycles. The number of aromatic nitrogens is 2. The van der Waals surface area contributed by atoms with Gasteiger partial charge in [0.15, 0.2) is 0 Å². The molecule has 0 bridgehead atoms. The number of rotatable bonds is 4. The van der Waals surface area contributed by atoms with Gasteiger partial charge < -0.3 is 18.0 Å². The van der Waals surface area contributed by atoms with Crippen molar-refractivity contribution in [3.8, 4) is 39.7 Å². The molecule has 6 nitrogen and oxygen atoms in total. The van der Waals surface area contributed by atoms with Crippen molar-refractivity contribution in [1.29, 1.82) is 5.26 Å². The van der Waals surface area contributed by atoms with Crippen molar-refractivity contribution in [2.75, 3.05) is 0 Å². The second-order valence-corrected chi connectivity index (χ2v) is 18.2. The van der Waals surface area contributed by atoms with Crippen LogP contribution in [0.4, 0.5) is 5.69 Å². The fraction of sp³-hybridized carbons (Fsp3) is 0. The van der Waals surface area contributed by atoms with Crippen LogP contribution in [0, 0.1) is 17.9 Å². The quantitative estimate of drug-likeness (QED) is 0.165. The summed E-state index contributed by atoms with van der Waals surface area (Å²) in [6.45, 7) is 8.79. The maximum atomic E-state index is 11.2. The Bertz CT molecular complexity index is 4560. The van der Waals surface area contributed by atoms with E-state index in [0.717, 1.165) is 131 Å². The monoisotopic (exact) mass is 890 g/mol. The van der Waals surface area contributed by atoms with Gasteiger partial charge in [-0.25, -0.2) is 4.85 Å². The van der Waals surface area contributed by atoms with Crippen molar-refractivity contribution in [2.24, 2.45) is 0 Å². The summed E-state index contributed by atoms with van der Waals surface area (Å²) in [6, 6.07) is 74.2. The largest absolute Gasteiger partial charge is 0.456 e. The zero-order chi connectivity index (χ0) is 46.2. The molecular formula is C64H34N4O2. The van der Waals surface area contributed by atoms with Crippen LogP contribution in [0.2, 0.25) is 0 Å². The smallest absolute Gasteiger partial charge is 0.212 e. The molecule has 4 heterocycles. The van der Waals surface area contributed by atoms with Crippen molar-refractivity contribution in [1.82, 2.24) is 9.13 Å². The molecule has 0 saturated heterocycles. The summed E-state index contributed by atoms with van der Waals surface area (Å²) in [5.74, 6) is 0. The number of hydrogen-bond donors (Lipinski definition) is 0. The first kappa shape index (κ1) is 38.2. The van der Waals surface area contributed by atoms with E-state index in [1.807, 2.05) is 48.5 Å².